The van der Waals surface area contributed by atoms with Crippen molar-refractivity contribution in [2.75, 3.05) is 0 Å². The van der Waals surface area contributed by atoms with Gasteiger partial charge in [0.25, 0.3) is 0 Å². The van der Waals surface area contributed by atoms with Gasteiger partial charge in [0.2, 0.25) is 0 Å². The van der Waals surface area contributed by atoms with E-state index in [1.807, 2.05) is 12.1 Å². The molecule has 3 heteroatoms. The van der Waals surface area contributed by atoms with E-state index >= 15 is 0 Å². The molecular weight excluding hydrogens is 188 g/mol. The van der Waals surface area contributed by atoms with Crippen molar-refractivity contribution in [3.05, 3.63) is 47.7 Å². The summed E-state index contributed by atoms with van der Waals surface area (Å²) in [7, 11) is 0. The van der Waals surface area contributed by atoms with Crippen LogP contribution >= 0.6 is 0 Å². The molecule has 0 radical (unpaired) electrons. The summed E-state index contributed by atoms with van der Waals surface area (Å²) in [6, 6.07) is 8.11. The first-order valence-corrected chi connectivity index (χ1v) is 5.25. The van der Waals surface area contributed by atoms with Gasteiger partial charge in [-0.25, -0.2) is 0 Å². The molecule has 0 fully saturated rings. The van der Waals surface area contributed by atoms with Gasteiger partial charge in [-0.15, -0.1) is 0 Å². The van der Waals surface area contributed by atoms with E-state index in [0.29, 0.717) is 6.54 Å². The maximum absolute atomic E-state index is 5.67. The molecule has 2 rings (SSSR count). The number of hydrogen-bond donors (Lipinski definition) is 1. The molecule has 0 aliphatic heterocycles. The van der Waals surface area contributed by atoms with E-state index in [-0.39, 0.29) is 0 Å². The van der Waals surface area contributed by atoms with Gasteiger partial charge in [0, 0.05) is 30.9 Å². The highest BCUT2D eigenvalue weighted by molar-refractivity contribution is 5.20. The molecule has 0 bridgehead atoms. The van der Waals surface area contributed by atoms with Crippen molar-refractivity contribution in [3.8, 4) is 0 Å². The zero-order valence-corrected chi connectivity index (χ0v) is 8.94. The van der Waals surface area contributed by atoms with Gasteiger partial charge in [-0.1, -0.05) is 0 Å². The fraction of sp³-hybridized carbons (Fsp3) is 0.333. The second kappa shape index (κ2) is 4.36. The van der Waals surface area contributed by atoms with E-state index in [4.69, 9.17) is 10.2 Å². The lowest BCUT2D eigenvalue weighted by molar-refractivity contribution is 0.514. The van der Waals surface area contributed by atoms with Crippen molar-refractivity contribution in [3.63, 3.8) is 0 Å². The summed E-state index contributed by atoms with van der Waals surface area (Å²) in [5.41, 5.74) is 8.11. The van der Waals surface area contributed by atoms with E-state index in [1.165, 1.54) is 11.4 Å². The van der Waals surface area contributed by atoms with E-state index < -0.39 is 0 Å². The van der Waals surface area contributed by atoms with E-state index in [9.17, 15) is 0 Å². The molecule has 0 saturated carbocycles. The minimum Gasteiger partial charge on any atom is -0.469 e. The van der Waals surface area contributed by atoms with Crippen molar-refractivity contribution in [1.82, 2.24) is 4.57 Å². The Morgan fingerprint density at radius 3 is 2.67 bits per heavy atom. The number of rotatable bonds is 4. The van der Waals surface area contributed by atoms with Crippen molar-refractivity contribution < 1.29 is 4.42 Å². The minimum atomic E-state index is 0.589. The highest BCUT2D eigenvalue weighted by Gasteiger charge is 2.07. The molecule has 15 heavy (non-hydrogen) atoms. The molecule has 0 aliphatic carbocycles. The van der Waals surface area contributed by atoms with Crippen LogP contribution in [0.15, 0.2) is 34.9 Å². The third-order valence-electron chi connectivity index (χ3n) is 2.62. The lowest BCUT2D eigenvalue weighted by Gasteiger charge is -2.08. The first-order valence-electron chi connectivity index (χ1n) is 5.25. The number of furan rings is 1. The molecule has 0 atom stereocenters. The third-order valence-corrected chi connectivity index (χ3v) is 2.62. The summed E-state index contributed by atoms with van der Waals surface area (Å²) in [4.78, 5) is 0. The SMILES string of the molecule is CCn1c(CN)ccc1Cc1ccco1. The summed E-state index contributed by atoms with van der Waals surface area (Å²) in [5, 5.41) is 0. The average molecular weight is 204 g/mol. The fourth-order valence-corrected chi connectivity index (χ4v) is 1.89. The molecule has 2 N–H and O–H groups in total. The van der Waals surface area contributed by atoms with Crippen LogP contribution in [0.25, 0.3) is 0 Å². The largest absolute Gasteiger partial charge is 0.469 e. The van der Waals surface area contributed by atoms with Crippen LogP contribution < -0.4 is 5.73 Å². The fourth-order valence-electron chi connectivity index (χ4n) is 1.89. The van der Waals surface area contributed by atoms with Gasteiger partial charge < -0.3 is 14.7 Å². The summed E-state index contributed by atoms with van der Waals surface area (Å²) in [6.45, 7) is 3.67. The second-order valence-corrected chi connectivity index (χ2v) is 3.52. The molecule has 0 unspecified atom stereocenters. The predicted molar refractivity (Wildman–Crippen MR) is 59.5 cm³/mol. The monoisotopic (exact) mass is 204 g/mol. The zero-order valence-electron chi connectivity index (χ0n) is 8.94. The van der Waals surface area contributed by atoms with Crippen LogP contribution in [0.2, 0.25) is 0 Å². The molecule has 0 spiro atoms. The molecule has 0 aliphatic rings. The van der Waals surface area contributed by atoms with Gasteiger partial charge in [-0.05, 0) is 31.2 Å². The second-order valence-electron chi connectivity index (χ2n) is 3.52. The van der Waals surface area contributed by atoms with Crippen LogP contribution in [0.1, 0.15) is 24.1 Å². The van der Waals surface area contributed by atoms with Gasteiger partial charge in [-0.2, -0.15) is 0 Å². The Morgan fingerprint density at radius 1 is 1.27 bits per heavy atom. The molecule has 0 aromatic carbocycles. The first-order chi connectivity index (χ1) is 7.35. The van der Waals surface area contributed by atoms with Gasteiger partial charge in [0.1, 0.15) is 5.76 Å². The molecule has 0 saturated heterocycles. The number of aromatic nitrogens is 1. The quantitative estimate of drug-likeness (QED) is 0.829. The smallest absolute Gasteiger partial charge is 0.109 e. The molecule has 0 amide bonds. The van der Waals surface area contributed by atoms with Gasteiger partial charge in [0.05, 0.1) is 6.26 Å². The van der Waals surface area contributed by atoms with Crippen LogP contribution in [-0.2, 0) is 19.5 Å². The lowest BCUT2D eigenvalue weighted by atomic mass is 10.2. The standard InChI is InChI=1S/C12H16N2O/c1-2-14-10(5-6-11(14)9-13)8-12-4-3-7-15-12/h3-7H,2,8-9,13H2,1H3. The number of nitrogens with zero attached hydrogens (tertiary/aromatic N) is 1. The average Bonchev–Trinajstić information content (AvgIpc) is 2.87. The maximum Gasteiger partial charge on any atom is 0.109 e. The van der Waals surface area contributed by atoms with E-state index in [2.05, 4.69) is 23.6 Å². The van der Waals surface area contributed by atoms with Crippen LogP contribution in [-0.4, -0.2) is 4.57 Å². The van der Waals surface area contributed by atoms with Crippen LogP contribution in [0.5, 0.6) is 0 Å². The highest BCUT2D eigenvalue weighted by Crippen LogP contribution is 2.14. The Labute approximate surface area is 89.5 Å². The van der Waals surface area contributed by atoms with Crippen molar-refractivity contribution >= 4 is 0 Å². The Balaban J connectivity index is 2.24. The van der Waals surface area contributed by atoms with E-state index in [0.717, 1.165) is 18.7 Å². The van der Waals surface area contributed by atoms with Gasteiger partial charge in [0.15, 0.2) is 0 Å². The summed E-state index contributed by atoms with van der Waals surface area (Å²) < 4.78 is 7.57. The third kappa shape index (κ3) is 1.97. The Hall–Kier alpha value is -1.48. The number of hydrogen-bond acceptors (Lipinski definition) is 2. The van der Waals surface area contributed by atoms with Crippen LogP contribution in [0.4, 0.5) is 0 Å². The highest BCUT2D eigenvalue weighted by atomic mass is 16.3. The van der Waals surface area contributed by atoms with Gasteiger partial charge in [-0.3, -0.25) is 0 Å². The van der Waals surface area contributed by atoms with Crippen molar-refractivity contribution in [1.29, 1.82) is 0 Å². The zero-order chi connectivity index (χ0) is 10.7. The van der Waals surface area contributed by atoms with Crippen LogP contribution in [0, 0.1) is 0 Å². The Morgan fingerprint density at radius 2 is 2.07 bits per heavy atom. The van der Waals surface area contributed by atoms with E-state index in [1.54, 1.807) is 6.26 Å². The first kappa shape index (κ1) is 10.1. The molecular formula is C12H16N2O. The van der Waals surface area contributed by atoms with Crippen LogP contribution in [0.3, 0.4) is 0 Å². The minimum absolute atomic E-state index is 0.589. The Bertz CT molecular complexity index is 415. The molecule has 2 aromatic rings. The van der Waals surface area contributed by atoms with Crippen molar-refractivity contribution in [2.45, 2.75) is 26.4 Å². The van der Waals surface area contributed by atoms with Gasteiger partial charge >= 0.3 is 0 Å². The predicted octanol–water partition coefficient (Wildman–Crippen LogP) is 2.15. The summed E-state index contributed by atoms with van der Waals surface area (Å²) >= 11 is 0. The molecule has 3 nitrogen and oxygen atoms in total. The number of nitrogens with two attached hydrogens (primary N) is 1. The molecule has 80 valence electrons. The molecule has 2 heterocycles. The normalized spacial score (nSPS) is 10.8. The summed E-state index contributed by atoms with van der Waals surface area (Å²) in [5.74, 6) is 0.992. The van der Waals surface area contributed by atoms with Crippen molar-refractivity contribution in [2.24, 2.45) is 5.73 Å². The molecule has 2 aromatic heterocycles. The topological polar surface area (TPSA) is 44.1 Å². The lowest BCUT2D eigenvalue weighted by Crippen LogP contribution is -2.08. The Kier molecular flexibility index (Phi) is 2.92. The summed E-state index contributed by atoms with van der Waals surface area (Å²) in [6.07, 6.45) is 2.54. The maximum atomic E-state index is 5.67.